The molecule has 1 N–H and O–H groups in total. The van der Waals surface area contributed by atoms with Gasteiger partial charge >= 0.3 is 0 Å². The number of amides is 2. The lowest BCUT2D eigenvalue weighted by molar-refractivity contribution is -0.156. The number of nitrogens with one attached hydrogen (secondary N) is 1. The van der Waals surface area contributed by atoms with Gasteiger partial charge in [0.2, 0.25) is 11.8 Å². The van der Waals surface area contributed by atoms with Gasteiger partial charge in [0.1, 0.15) is 11.6 Å². The van der Waals surface area contributed by atoms with Crippen molar-refractivity contribution >= 4 is 39.1 Å². The second-order valence-corrected chi connectivity index (χ2v) is 7.89. The molecule has 0 radical (unpaired) electrons. The van der Waals surface area contributed by atoms with Crippen molar-refractivity contribution in [1.29, 1.82) is 0 Å². The molecule has 0 saturated carbocycles. The Morgan fingerprint density at radius 2 is 1.95 bits per heavy atom. The molecule has 21 heavy (non-hydrogen) atoms. The number of thiophene rings is 1. The van der Waals surface area contributed by atoms with Crippen LogP contribution >= 0.6 is 27.3 Å². The van der Waals surface area contributed by atoms with Crippen LogP contribution in [-0.2, 0) is 16.1 Å². The zero-order valence-electron chi connectivity index (χ0n) is 12.6. The van der Waals surface area contributed by atoms with E-state index in [4.69, 9.17) is 0 Å². The molecule has 2 heterocycles. The molecule has 0 aromatic carbocycles. The first kappa shape index (κ1) is 16.5. The molecular formula is C15H21BrN2O2S. The van der Waals surface area contributed by atoms with Crippen LogP contribution in [0.25, 0.3) is 0 Å². The largest absolute Gasteiger partial charge is 0.340 e. The van der Waals surface area contributed by atoms with Crippen LogP contribution in [-0.4, -0.2) is 28.3 Å². The van der Waals surface area contributed by atoms with Gasteiger partial charge < -0.3 is 10.2 Å². The number of rotatable bonds is 5. The molecule has 1 fully saturated rings. The van der Waals surface area contributed by atoms with Gasteiger partial charge in [-0.2, -0.15) is 0 Å². The average molecular weight is 373 g/mol. The Hall–Kier alpha value is -0.880. The second-order valence-electron chi connectivity index (χ2n) is 5.34. The summed E-state index contributed by atoms with van der Waals surface area (Å²) in [6.07, 6.45) is 1.87. The summed E-state index contributed by atoms with van der Waals surface area (Å²) in [6, 6.07) is 3.60. The quantitative estimate of drug-likeness (QED) is 0.861. The molecule has 2 rings (SSSR count). The lowest BCUT2D eigenvalue weighted by atomic mass is 9.86. The van der Waals surface area contributed by atoms with Crippen molar-refractivity contribution in [3.8, 4) is 0 Å². The van der Waals surface area contributed by atoms with Crippen molar-refractivity contribution in [1.82, 2.24) is 10.2 Å². The topological polar surface area (TPSA) is 49.4 Å². The van der Waals surface area contributed by atoms with E-state index in [1.807, 2.05) is 32.9 Å². The van der Waals surface area contributed by atoms with Crippen molar-refractivity contribution in [2.75, 3.05) is 0 Å². The number of nitrogens with zero attached hydrogens (tertiary/aromatic N) is 1. The maximum atomic E-state index is 12.9. The fraction of sp³-hybridized carbons (Fsp3) is 0.600. The number of hydrogen-bond acceptors (Lipinski definition) is 3. The molecule has 1 aromatic heterocycles. The zero-order valence-corrected chi connectivity index (χ0v) is 15.0. The summed E-state index contributed by atoms with van der Waals surface area (Å²) in [4.78, 5) is 28.2. The molecule has 2 amide bonds. The predicted octanol–water partition coefficient (Wildman–Crippen LogP) is 3.31. The number of piperazine rings is 1. The lowest BCUT2D eigenvalue weighted by Gasteiger charge is -2.45. The van der Waals surface area contributed by atoms with Crippen molar-refractivity contribution in [3.63, 3.8) is 0 Å². The highest BCUT2D eigenvalue weighted by Crippen LogP contribution is 2.30. The summed E-state index contributed by atoms with van der Waals surface area (Å²) in [5.74, 6) is 0.0138. The first-order valence-electron chi connectivity index (χ1n) is 7.34. The molecule has 0 spiro atoms. The van der Waals surface area contributed by atoms with Crippen LogP contribution in [0.15, 0.2) is 15.9 Å². The van der Waals surface area contributed by atoms with Gasteiger partial charge in [0.05, 0.1) is 10.3 Å². The SMILES string of the molecule is CCC1C(=O)NC(CC)(CC)C(=O)N1Cc1ccc(Br)s1. The molecule has 0 bridgehead atoms. The number of carbonyl (C=O) groups is 2. The van der Waals surface area contributed by atoms with Gasteiger partial charge in [-0.15, -0.1) is 11.3 Å². The van der Waals surface area contributed by atoms with E-state index in [9.17, 15) is 9.59 Å². The molecular weight excluding hydrogens is 352 g/mol. The van der Waals surface area contributed by atoms with Crippen LogP contribution in [0.3, 0.4) is 0 Å². The van der Waals surface area contributed by atoms with E-state index in [-0.39, 0.29) is 17.9 Å². The summed E-state index contributed by atoms with van der Waals surface area (Å²) in [6.45, 7) is 6.35. The van der Waals surface area contributed by atoms with E-state index >= 15 is 0 Å². The van der Waals surface area contributed by atoms with Gasteiger partial charge in [-0.3, -0.25) is 9.59 Å². The minimum absolute atomic E-state index is 0.0311. The second kappa shape index (κ2) is 6.48. The Morgan fingerprint density at radius 3 is 2.43 bits per heavy atom. The number of halogens is 1. The molecule has 116 valence electrons. The number of carbonyl (C=O) groups excluding carboxylic acids is 2. The smallest absolute Gasteiger partial charge is 0.249 e. The van der Waals surface area contributed by atoms with Gasteiger partial charge in [-0.1, -0.05) is 20.8 Å². The minimum atomic E-state index is -0.739. The predicted molar refractivity (Wildman–Crippen MR) is 88.1 cm³/mol. The Bertz CT molecular complexity index is 540. The third-order valence-electron chi connectivity index (χ3n) is 4.26. The van der Waals surface area contributed by atoms with Crippen LogP contribution in [0, 0.1) is 0 Å². The van der Waals surface area contributed by atoms with Gasteiger partial charge in [0, 0.05) is 4.88 Å². The lowest BCUT2D eigenvalue weighted by Crippen LogP contribution is -2.69. The third-order valence-corrected chi connectivity index (χ3v) is 5.87. The maximum absolute atomic E-state index is 12.9. The van der Waals surface area contributed by atoms with Gasteiger partial charge in [0.15, 0.2) is 0 Å². The summed E-state index contributed by atoms with van der Waals surface area (Å²) in [5, 5.41) is 2.96. The molecule has 6 heteroatoms. The van der Waals surface area contributed by atoms with E-state index in [0.29, 0.717) is 25.8 Å². The number of hydrogen-bond donors (Lipinski definition) is 1. The molecule has 0 aliphatic carbocycles. The van der Waals surface area contributed by atoms with E-state index in [1.165, 1.54) is 0 Å². The van der Waals surface area contributed by atoms with E-state index < -0.39 is 5.54 Å². The third kappa shape index (κ3) is 3.01. The first-order chi connectivity index (χ1) is 9.97. The van der Waals surface area contributed by atoms with Crippen LogP contribution < -0.4 is 5.32 Å². The van der Waals surface area contributed by atoms with Crippen LogP contribution in [0.4, 0.5) is 0 Å². The highest BCUT2D eigenvalue weighted by atomic mass is 79.9. The van der Waals surface area contributed by atoms with Crippen molar-refractivity contribution in [2.45, 2.75) is 58.2 Å². The fourth-order valence-corrected chi connectivity index (χ4v) is 4.33. The highest BCUT2D eigenvalue weighted by molar-refractivity contribution is 9.11. The fourth-order valence-electron chi connectivity index (χ4n) is 2.85. The van der Waals surface area contributed by atoms with Gasteiger partial charge in [0.25, 0.3) is 0 Å². The van der Waals surface area contributed by atoms with Crippen molar-refractivity contribution < 1.29 is 9.59 Å². The molecule has 1 aromatic rings. The molecule has 1 saturated heterocycles. The Labute approximate surface area is 138 Å². The van der Waals surface area contributed by atoms with Crippen LogP contribution in [0.5, 0.6) is 0 Å². The van der Waals surface area contributed by atoms with Gasteiger partial charge in [-0.05, 0) is 47.3 Å². The molecule has 4 nitrogen and oxygen atoms in total. The summed E-state index contributed by atoms with van der Waals surface area (Å²) in [7, 11) is 0. The Morgan fingerprint density at radius 1 is 1.29 bits per heavy atom. The minimum Gasteiger partial charge on any atom is -0.340 e. The Balaban J connectivity index is 2.32. The van der Waals surface area contributed by atoms with Crippen LogP contribution in [0.2, 0.25) is 0 Å². The van der Waals surface area contributed by atoms with Crippen LogP contribution in [0.1, 0.15) is 44.9 Å². The van der Waals surface area contributed by atoms with Crippen molar-refractivity contribution in [3.05, 3.63) is 20.8 Å². The standard InChI is InChI=1S/C15H21BrN2O2S/c1-4-11-13(19)17-15(5-2,6-3)14(20)18(11)9-10-7-8-12(16)21-10/h7-8,11H,4-6,9H2,1-3H3,(H,17,19). The van der Waals surface area contributed by atoms with Gasteiger partial charge in [-0.25, -0.2) is 0 Å². The summed E-state index contributed by atoms with van der Waals surface area (Å²) < 4.78 is 1.04. The van der Waals surface area contributed by atoms with E-state index in [0.717, 1.165) is 8.66 Å². The molecule has 1 atom stereocenters. The summed E-state index contributed by atoms with van der Waals surface area (Å²) in [5.41, 5.74) is -0.739. The molecule has 1 aliphatic heterocycles. The first-order valence-corrected chi connectivity index (χ1v) is 8.95. The zero-order chi connectivity index (χ0) is 15.6. The average Bonchev–Trinajstić information content (AvgIpc) is 2.88. The summed E-state index contributed by atoms with van der Waals surface area (Å²) >= 11 is 5.05. The Kier molecular flexibility index (Phi) is 5.09. The normalized spacial score (nSPS) is 21.5. The molecule has 1 aliphatic rings. The maximum Gasteiger partial charge on any atom is 0.249 e. The van der Waals surface area contributed by atoms with E-state index in [1.54, 1.807) is 16.2 Å². The molecule has 1 unspecified atom stereocenters. The monoisotopic (exact) mass is 372 g/mol. The van der Waals surface area contributed by atoms with E-state index in [2.05, 4.69) is 21.2 Å². The highest BCUT2D eigenvalue weighted by Gasteiger charge is 2.48. The van der Waals surface area contributed by atoms with Crippen molar-refractivity contribution in [2.24, 2.45) is 0 Å².